The van der Waals surface area contributed by atoms with Crippen LogP contribution >= 0.6 is 0 Å². The van der Waals surface area contributed by atoms with Gasteiger partial charge in [-0.1, -0.05) is 35.9 Å². The van der Waals surface area contributed by atoms with Gasteiger partial charge in [-0.2, -0.15) is 0 Å². The molecular formula is C20H23N3O2S. The first-order valence-electron chi connectivity index (χ1n) is 8.49. The van der Waals surface area contributed by atoms with Crippen molar-refractivity contribution in [2.45, 2.75) is 24.7 Å². The van der Waals surface area contributed by atoms with E-state index in [4.69, 9.17) is 0 Å². The van der Waals surface area contributed by atoms with Crippen molar-refractivity contribution in [1.82, 2.24) is 14.3 Å². The number of rotatable bonds is 6. The number of benzene rings is 2. The number of hydrogen-bond donors (Lipinski definition) is 1. The van der Waals surface area contributed by atoms with E-state index < -0.39 is 10.0 Å². The lowest BCUT2D eigenvalue weighted by molar-refractivity contribution is 0.588. The average molecular weight is 369 g/mol. The second-order valence-corrected chi connectivity index (χ2v) is 8.32. The van der Waals surface area contributed by atoms with E-state index in [1.165, 1.54) is 18.2 Å². The van der Waals surface area contributed by atoms with Gasteiger partial charge in [-0.25, -0.2) is 18.1 Å². The molecule has 3 aromatic rings. The molecule has 6 heteroatoms. The van der Waals surface area contributed by atoms with Crippen molar-refractivity contribution in [3.63, 3.8) is 0 Å². The van der Waals surface area contributed by atoms with Crippen LogP contribution in [0, 0.1) is 6.92 Å². The predicted molar refractivity (Wildman–Crippen MR) is 103 cm³/mol. The van der Waals surface area contributed by atoms with Gasteiger partial charge in [-0.15, -0.1) is 0 Å². The van der Waals surface area contributed by atoms with Crippen molar-refractivity contribution in [3.05, 3.63) is 71.7 Å². The zero-order valence-corrected chi connectivity index (χ0v) is 16.0. The standard InChI is InChI=1S/C20H23N3O2S/c1-15-4-6-16(7-5-15)8-9-17-10-11-18(26(24,25)21-2)12-19(17)20-13-23(3)14-22-20/h4-7,10-14,21H,8-9H2,1-3H3. The Morgan fingerprint density at radius 2 is 1.81 bits per heavy atom. The lowest BCUT2D eigenvalue weighted by Gasteiger charge is -2.11. The zero-order valence-electron chi connectivity index (χ0n) is 15.2. The Hall–Kier alpha value is -2.44. The van der Waals surface area contributed by atoms with Crippen molar-refractivity contribution in [1.29, 1.82) is 0 Å². The summed E-state index contributed by atoms with van der Waals surface area (Å²) in [5.74, 6) is 0. The summed E-state index contributed by atoms with van der Waals surface area (Å²) in [7, 11) is -0.178. The highest BCUT2D eigenvalue weighted by molar-refractivity contribution is 7.89. The Labute approximate surface area is 154 Å². The lowest BCUT2D eigenvalue weighted by atomic mass is 9.98. The highest BCUT2D eigenvalue weighted by atomic mass is 32.2. The maximum atomic E-state index is 12.2. The largest absolute Gasteiger partial charge is 0.340 e. The molecule has 0 spiro atoms. The molecule has 3 rings (SSSR count). The summed E-state index contributed by atoms with van der Waals surface area (Å²) in [6, 6.07) is 13.7. The Bertz CT molecular complexity index is 1010. The Morgan fingerprint density at radius 1 is 1.08 bits per heavy atom. The van der Waals surface area contributed by atoms with E-state index in [-0.39, 0.29) is 4.90 Å². The number of hydrogen-bond acceptors (Lipinski definition) is 3. The Balaban J connectivity index is 1.96. The third-order valence-corrected chi connectivity index (χ3v) is 5.86. The molecule has 26 heavy (non-hydrogen) atoms. The number of nitrogens with one attached hydrogen (secondary N) is 1. The maximum Gasteiger partial charge on any atom is 0.240 e. The number of aromatic nitrogens is 2. The van der Waals surface area contributed by atoms with Crippen LogP contribution in [0.2, 0.25) is 0 Å². The molecule has 0 saturated heterocycles. The van der Waals surface area contributed by atoms with Crippen LogP contribution in [0.4, 0.5) is 0 Å². The van der Waals surface area contributed by atoms with Gasteiger partial charge < -0.3 is 4.57 Å². The molecule has 5 nitrogen and oxygen atoms in total. The minimum absolute atomic E-state index is 0.250. The fourth-order valence-corrected chi connectivity index (χ4v) is 3.64. The normalized spacial score (nSPS) is 11.7. The predicted octanol–water partition coefficient (Wildman–Crippen LogP) is 3.09. The fraction of sp³-hybridized carbons (Fsp3) is 0.250. The monoisotopic (exact) mass is 369 g/mol. The van der Waals surface area contributed by atoms with Crippen LogP contribution in [0.3, 0.4) is 0 Å². The van der Waals surface area contributed by atoms with Gasteiger partial charge in [0.2, 0.25) is 10.0 Å². The Morgan fingerprint density at radius 3 is 2.42 bits per heavy atom. The summed E-state index contributed by atoms with van der Waals surface area (Å²) in [6.45, 7) is 2.07. The molecule has 0 aliphatic rings. The van der Waals surface area contributed by atoms with Gasteiger partial charge in [0.25, 0.3) is 0 Å². The van der Waals surface area contributed by atoms with Crippen molar-refractivity contribution in [2.24, 2.45) is 7.05 Å². The van der Waals surface area contributed by atoms with Gasteiger partial charge in [0, 0.05) is 18.8 Å². The van der Waals surface area contributed by atoms with Crippen molar-refractivity contribution >= 4 is 10.0 Å². The third kappa shape index (κ3) is 4.03. The molecule has 1 aromatic heterocycles. The summed E-state index contributed by atoms with van der Waals surface area (Å²) in [5, 5.41) is 0. The fourth-order valence-electron chi connectivity index (χ4n) is 2.88. The lowest BCUT2D eigenvalue weighted by Crippen LogP contribution is -2.18. The molecule has 1 heterocycles. The second-order valence-electron chi connectivity index (χ2n) is 6.44. The topological polar surface area (TPSA) is 64.0 Å². The van der Waals surface area contributed by atoms with Gasteiger partial charge in [-0.3, -0.25) is 0 Å². The molecule has 1 N–H and O–H groups in total. The smallest absolute Gasteiger partial charge is 0.240 e. The molecule has 0 fully saturated rings. The van der Waals surface area contributed by atoms with Crippen LogP contribution in [-0.4, -0.2) is 25.0 Å². The molecule has 2 aromatic carbocycles. The van der Waals surface area contributed by atoms with Crippen LogP contribution in [0.1, 0.15) is 16.7 Å². The van der Waals surface area contributed by atoms with Crippen molar-refractivity contribution in [2.75, 3.05) is 7.05 Å². The Kier molecular flexibility index (Phi) is 5.25. The molecule has 0 saturated carbocycles. The number of aryl methyl sites for hydroxylation is 4. The first-order chi connectivity index (χ1) is 12.4. The van der Waals surface area contributed by atoms with E-state index in [1.807, 2.05) is 23.9 Å². The SMILES string of the molecule is CNS(=O)(=O)c1ccc(CCc2ccc(C)cc2)c(-c2cn(C)cn2)c1. The van der Waals surface area contributed by atoms with Crippen molar-refractivity contribution < 1.29 is 8.42 Å². The van der Waals surface area contributed by atoms with Gasteiger partial charge >= 0.3 is 0 Å². The van der Waals surface area contributed by atoms with Crippen LogP contribution < -0.4 is 4.72 Å². The summed E-state index contributed by atoms with van der Waals surface area (Å²) in [5.41, 5.74) is 5.21. The van der Waals surface area contributed by atoms with E-state index in [1.54, 1.807) is 18.5 Å². The van der Waals surface area contributed by atoms with Gasteiger partial charge in [0.1, 0.15) is 0 Å². The molecular weight excluding hydrogens is 346 g/mol. The van der Waals surface area contributed by atoms with Crippen molar-refractivity contribution in [3.8, 4) is 11.3 Å². The minimum Gasteiger partial charge on any atom is -0.340 e. The first-order valence-corrected chi connectivity index (χ1v) is 9.98. The first kappa shape index (κ1) is 18.4. The highest BCUT2D eigenvalue weighted by Gasteiger charge is 2.16. The molecule has 0 amide bonds. The zero-order chi connectivity index (χ0) is 18.7. The highest BCUT2D eigenvalue weighted by Crippen LogP contribution is 2.27. The molecule has 0 bridgehead atoms. The summed E-state index contributed by atoms with van der Waals surface area (Å²) in [4.78, 5) is 4.66. The van der Waals surface area contributed by atoms with E-state index in [2.05, 4.69) is 40.9 Å². The van der Waals surface area contributed by atoms with Gasteiger partial charge in [0.05, 0.1) is 16.9 Å². The molecule has 136 valence electrons. The molecule has 0 atom stereocenters. The number of nitrogens with zero attached hydrogens (tertiary/aromatic N) is 2. The van der Waals surface area contributed by atoms with E-state index in [9.17, 15) is 8.42 Å². The second kappa shape index (κ2) is 7.43. The van der Waals surface area contributed by atoms with Crippen LogP contribution in [0.25, 0.3) is 11.3 Å². The van der Waals surface area contributed by atoms with Crippen LogP contribution in [0.5, 0.6) is 0 Å². The molecule has 0 aliphatic heterocycles. The molecule has 0 aliphatic carbocycles. The average Bonchev–Trinajstić information content (AvgIpc) is 3.07. The van der Waals surface area contributed by atoms with E-state index in [0.717, 1.165) is 29.7 Å². The van der Waals surface area contributed by atoms with Gasteiger partial charge in [0.15, 0.2) is 0 Å². The van der Waals surface area contributed by atoms with Crippen LogP contribution in [0.15, 0.2) is 59.9 Å². The quantitative estimate of drug-likeness (QED) is 0.726. The number of sulfonamides is 1. The summed E-state index contributed by atoms with van der Waals surface area (Å²) in [6.07, 6.45) is 5.33. The van der Waals surface area contributed by atoms with Gasteiger partial charge in [-0.05, 0) is 50.1 Å². The van der Waals surface area contributed by atoms with Crippen LogP contribution in [-0.2, 0) is 29.9 Å². The molecule has 0 unspecified atom stereocenters. The van der Waals surface area contributed by atoms with E-state index in [0.29, 0.717) is 0 Å². The summed E-state index contributed by atoms with van der Waals surface area (Å²) < 4.78 is 28.6. The number of imidazole rings is 1. The summed E-state index contributed by atoms with van der Waals surface area (Å²) >= 11 is 0. The molecule has 0 radical (unpaired) electrons. The minimum atomic E-state index is -3.50. The van der Waals surface area contributed by atoms with E-state index >= 15 is 0 Å². The maximum absolute atomic E-state index is 12.2. The third-order valence-electron chi connectivity index (χ3n) is 4.44.